The highest BCUT2D eigenvalue weighted by Crippen LogP contribution is 1.99. The monoisotopic (exact) mass is 195 g/mol. The van der Waals surface area contributed by atoms with Gasteiger partial charge in [-0.3, -0.25) is 4.79 Å². The van der Waals surface area contributed by atoms with E-state index in [-0.39, 0.29) is 5.78 Å². The molecule has 0 amide bonds. The number of aromatic nitrogens is 2. The zero-order chi connectivity index (χ0) is 10.4. The fourth-order valence-electron chi connectivity index (χ4n) is 1.30. The van der Waals surface area contributed by atoms with Gasteiger partial charge in [-0.2, -0.15) is 0 Å². The Balaban J connectivity index is 2.63. The summed E-state index contributed by atoms with van der Waals surface area (Å²) in [7, 11) is 0. The van der Waals surface area contributed by atoms with E-state index in [1.165, 1.54) is 0 Å². The normalized spacial score (nSPS) is 10.4. The first-order valence-corrected chi connectivity index (χ1v) is 5.04. The summed E-state index contributed by atoms with van der Waals surface area (Å²) in [5.41, 5.74) is 0. The quantitative estimate of drug-likeness (QED) is 0.691. The zero-order valence-corrected chi connectivity index (χ0v) is 8.79. The van der Waals surface area contributed by atoms with Crippen LogP contribution in [0.3, 0.4) is 0 Å². The molecule has 1 rings (SSSR count). The molecule has 4 nitrogen and oxygen atoms in total. The van der Waals surface area contributed by atoms with E-state index >= 15 is 0 Å². The van der Waals surface area contributed by atoms with E-state index in [0.29, 0.717) is 12.4 Å². The summed E-state index contributed by atoms with van der Waals surface area (Å²) in [6.45, 7) is 6.09. The van der Waals surface area contributed by atoms with Crippen molar-refractivity contribution in [2.45, 2.75) is 26.8 Å². The highest BCUT2D eigenvalue weighted by Gasteiger charge is 2.10. The van der Waals surface area contributed by atoms with Gasteiger partial charge < -0.3 is 9.88 Å². The first-order chi connectivity index (χ1) is 6.79. The molecule has 0 saturated heterocycles. The predicted molar refractivity (Wildman–Crippen MR) is 55.4 cm³/mol. The summed E-state index contributed by atoms with van der Waals surface area (Å²) in [6, 6.07) is 0. The standard InChI is InChI=1S/C10H17N3O/c1-3-6-13-7-5-12-10(13)9(14)8-11-4-2/h5,7,11H,3-4,6,8H2,1-2H3. The fourth-order valence-corrected chi connectivity index (χ4v) is 1.30. The van der Waals surface area contributed by atoms with Gasteiger partial charge in [-0.1, -0.05) is 13.8 Å². The number of hydrogen-bond donors (Lipinski definition) is 1. The molecule has 0 saturated carbocycles. The second kappa shape index (κ2) is 5.54. The van der Waals surface area contributed by atoms with Crippen molar-refractivity contribution in [2.24, 2.45) is 0 Å². The van der Waals surface area contributed by atoms with Crippen LogP contribution in [0.5, 0.6) is 0 Å². The highest BCUT2D eigenvalue weighted by atomic mass is 16.1. The third-order valence-corrected chi connectivity index (χ3v) is 1.96. The first kappa shape index (κ1) is 10.9. The van der Waals surface area contributed by atoms with Crippen LogP contribution in [0.2, 0.25) is 0 Å². The van der Waals surface area contributed by atoms with E-state index in [0.717, 1.165) is 19.5 Å². The number of aryl methyl sites for hydroxylation is 1. The fraction of sp³-hybridized carbons (Fsp3) is 0.600. The largest absolute Gasteiger partial charge is 0.328 e. The van der Waals surface area contributed by atoms with Gasteiger partial charge in [0.25, 0.3) is 0 Å². The van der Waals surface area contributed by atoms with Gasteiger partial charge in [-0.05, 0) is 13.0 Å². The molecule has 1 aromatic heterocycles. The van der Waals surface area contributed by atoms with Crippen molar-refractivity contribution in [1.29, 1.82) is 0 Å². The molecular formula is C10H17N3O. The van der Waals surface area contributed by atoms with Crippen molar-refractivity contribution in [1.82, 2.24) is 14.9 Å². The first-order valence-electron chi connectivity index (χ1n) is 5.04. The number of rotatable bonds is 6. The predicted octanol–water partition coefficient (Wildman–Crippen LogP) is 1.09. The minimum Gasteiger partial charge on any atom is -0.328 e. The Morgan fingerprint density at radius 3 is 3.00 bits per heavy atom. The van der Waals surface area contributed by atoms with Gasteiger partial charge in [-0.15, -0.1) is 0 Å². The van der Waals surface area contributed by atoms with E-state index < -0.39 is 0 Å². The van der Waals surface area contributed by atoms with Crippen molar-refractivity contribution < 1.29 is 4.79 Å². The van der Waals surface area contributed by atoms with E-state index in [1.54, 1.807) is 6.20 Å². The average molecular weight is 195 g/mol. The molecule has 4 heteroatoms. The summed E-state index contributed by atoms with van der Waals surface area (Å²) in [4.78, 5) is 15.7. The third kappa shape index (κ3) is 2.67. The summed E-state index contributed by atoms with van der Waals surface area (Å²) >= 11 is 0. The Morgan fingerprint density at radius 2 is 2.36 bits per heavy atom. The average Bonchev–Trinajstić information content (AvgIpc) is 2.63. The van der Waals surface area contributed by atoms with Crippen molar-refractivity contribution in [3.8, 4) is 0 Å². The van der Waals surface area contributed by atoms with Gasteiger partial charge in [0.15, 0.2) is 5.82 Å². The Morgan fingerprint density at radius 1 is 1.57 bits per heavy atom. The Bertz CT molecular complexity index is 293. The van der Waals surface area contributed by atoms with Gasteiger partial charge >= 0.3 is 0 Å². The van der Waals surface area contributed by atoms with Crippen LogP contribution in [-0.2, 0) is 6.54 Å². The molecule has 78 valence electrons. The van der Waals surface area contributed by atoms with Crippen LogP contribution in [0.25, 0.3) is 0 Å². The third-order valence-electron chi connectivity index (χ3n) is 1.96. The number of likely N-dealkylation sites (N-methyl/N-ethyl adjacent to an activating group) is 1. The number of nitrogens with one attached hydrogen (secondary N) is 1. The van der Waals surface area contributed by atoms with Crippen LogP contribution >= 0.6 is 0 Å². The van der Waals surface area contributed by atoms with Gasteiger partial charge in [0.2, 0.25) is 5.78 Å². The van der Waals surface area contributed by atoms with E-state index in [4.69, 9.17) is 0 Å². The summed E-state index contributed by atoms with van der Waals surface area (Å²) < 4.78 is 1.90. The molecule has 0 aromatic carbocycles. The SMILES string of the molecule is CCCn1ccnc1C(=O)CNCC. The number of Topliss-reactive ketones (excluding diaryl/α,β-unsaturated/α-hetero) is 1. The summed E-state index contributed by atoms with van der Waals surface area (Å²) in [5.74, 6) is 0.623. The molecule has 0 aliphatic carbocycles. The molecule has 1 aromatic rings. The number of carbonyl (C=O) groups excluding carboxylic acids is 1. The molecule has 0 aliphatic heterocycles. The Kier molecular flexibility index (Phi) is 4.32. The molecule has 0 spiro atoms. The number of nitrogens with zero attached hydrogens (tertiary/aromatic N) is 2. The topological polar surface area (TPSA) is 46.9 Å². The van der Waals surface area contributed by atoms with Crippen molar-refractivity contribution in [2.75, 3.05) is 13.1 Å². The Labute approximate surface area is 84.3 Å². The molecule has 1 heterocycles. The van der Waals surface area contributed by atoms with Crippen LogP contribution in [0, 0.1) is 0 Å². The van der Waals surface area contributed by atoms with Crippen molar-refractivity contribution in [3.63, 3.8) is 0 Å². The van der Waals surface area contributed by atoms with Crippen LogP contribution in [0.4, 0.5) is 0 Å². The molecule has 0 unspecified atom stereocenters. The van der Waals surface area contributed by atoms with E-state index in [2.05, 4.69) is 17.2 Å². The van der Waals surface area contributed by atoms with Crippen LogP contribution in [-0.4, -0.2) is 28.4 Å². The maximum atomic E-state index is 11.6. The molecule has 0 bridgehead atoms. The van der Waals surface area contributed by atoms with Crippen molar-refractivity contribution >= 4 is 5.78 Å². The maximum Gasteiger partial charge on any atom is 0.211 e. The Hall–Kier alpha value is -1.16. The molecule has 0 atom stereocenters. The second-order valence-electron chi connectivity index (χ2n) is 3.15. The zero-order valence-electron chi connectivity index (χ0n) is 8.79. The minimum atomic E-state index is 0.0605. The maximum absolute atomic E-state index is 11.6. The summed E-state index contributed by atoms with van der Waals surface area (Å²) in [5, 5.41) is 3.00. The molecule has 0 fully saturated rings. The van der Waals surface area contributed by atoms with Crippen LogP contribution in [0.15, 0.2) is 12.4 Å². The number of ketones is 1. The molecule has 0 aliphatic rings. The van der Waals surface area contributed by atoms with Crippen LogP contribution in [0.1, 0.15) is 30.9 Å². The lowest BCUT2D eigenvalue weighted by Crippen LogP contribution is -2.25. The number of imidazole rings is 1. The van der Waals surface area contributed by atoms with Gasteiger partial charge in [0.05, 0.1) is 6.54 Å². The van der Waals surface area contributed by atoms with E-state index in [1.807, 2.05) is 17.7 Å². The van der Waals surface area contributed by atoms with Gasteiger partial charge in [0, 0.05) is 18.9 Å². The highest BCUT2D eigenvalue weighted by molar-refractivity contribution is 5.94. The lowest BCUT2D eigenvalue weighted by Gasteiger charge is -2.05. The minimum absolute atomic E-state index is 0.0605. The molecule has 1 N–H and O–H groups in total. The lowest BCUT2D eigenvalue weighted by molar-refractivity contribution is 0.0977. The van der Waals surface area contributed by atoms with Gasteiger partial charge in [-0.25, -0.2) is 4.98 Å². The smallest absolute Gasteiger partial charge is 0.211 e. The van der Waals surface area contributed by atoms with Crippen LogP contribution < -0.4 is 5.32 Å². The van der Waals surface area contributed by atoms with Gasteiger partial charge in [0.1, 0.15) is 0 Å². The van der Waals surface area contributed by atoms with E-state index in [9.17, 15) is 4.79 Å². The number of carbonyl (C=O) groups is 1. The summed E-state index contributed by atoms with van der Waals surface area (Å²) in [6.07, 6.45) is 4.54. The number of hydrogen-bond acceptors (Lipinski definition) is 3. The lowest BCUT2D eigenvalue weighted by atomic mass is 10.3. The molecule has 0 radical (unpaired) electrons. The van der Waals surface area contributed by atoms with Crippen molar-refractivity contribution in [3.05, 3.63) is 18.2 Å². The second-order valence-corrected chi connectivity index (χ2v) is 3.15. The molecular weight excluding hydrogens is 178 g/mol. The molecule has 14 heavy (non-hydrogen) atoms.